The Labute approximate surface area is 188 Å². The van der Waals surface area contributed by atoms with Crippen molar-refractivity contribution in [3.63, 3.8) is 0 Å². The van der Waals surface area contributed by atoms with Gasteiger partial charge < -0.3 is 19.7 Å². The van der Waals surface area contributed by atoms with E-state index in [0.717, 1.165) is 43.2 Å². The number of nitrogens with one attached hydrogen (secondary N) is 1. The van der Waals surface area contributed by atoms with Crippen molar-refractivity contribution in [3.05, 3.63) is 90.0 Å². The highest BCUT2D eigenvalue weighted by atomic mass is 16.7. The Balaban J connectivity index is 1.32. The van der Waals surface area contributed by atoms with Gasteiger partial charge >= 0.3 is 0 Å². The summed E-state index contributed by atoms with van der Waals surface area (Å²) in [5.74, 6) is 1.48. The van der Waals surface area contributed by atoms with Crippen molar-refractivity contribution in [1.29, 1.82) is 0 Å². The topological polar surface area (TPSA) is 54.0 Å². The van der Waals surface area contributed by atoms with Gasteiger partial charge in [0.2, 0.25) is 6.79 Å². The van der Waals surface area contributed by atoms with Gasteiger partial charge in [-0.2, -0.15) is 0 Å². The lowest BCUT2D eigenvalue weighted by molar-refractivity contribution is 0.0930. The first-order valence-corrected chi connectivity index (χ1v) is 11.0. The lowest BCUT2D eigenvalue weighted by atomic mass is 10.0. The molecule has 1 atom stereocenters. The molecule has 0 aromatic heterocycles. The average molecular weight is 430 g/mol. The molecule has 6 nitrogen and oxygen atoms in total. The number of benzene rings is 3. The fraction of sp³-hybridized carbons (Fsp3) is 0.269. The fourth-order valence-electron chi connectivity index (χ4n) is 4.39. The molecule has 0 radical (unpaired) electrons. The number of hydrogen-bond donors (Lipinski definition) is 1. The molecule has 1 amide bonds. The van der Waals surface area contributed by atoms with E-state index in [1.807, 2.05) is 48.5 Å². The molecular weight excluding hydrogens is 402 g/mol. The minimum absolute atomic E-state index is 0.0510. The Bertz CT molecular complexity index is 1050. The predicted octanol–water partition coefficient (Wildman–Crippen LogP) is 3.71. The van der Waals surface area contributed by atoms with Crippen LogP contribution in [0.15, 0.2) is 78.9 Å². The summed E-state index contributed by atoms with van der Waals surface area (Å²) in [6.45, 7) is 4.49. The zero-order valence-corrected chi connectivity index (χ0v) is 17.9. The molecule has 0 aliphatic carbocycles. The van der Waals surface area contributed by atoms with Crippen molar-refractivity contribution in [3.8, 4) is 11.5 Å². The van der Waals surface area contributed by atoms with Crippen LogP contribution in [0, 0.1) is 0 Å². The Kier molecular flexibility index (Phi) is 5.94. The zero-order chi connectivity index (χ0) is 21.8. The summed E-state index contributed by atoms with van der Waals surface area (Å²) in [6.07, 6.45) is 0. The van der Waals surface area contributed by atoms with Gasteiger partial charge in [0.15, 0.2) is 11.5 Å². The van der Waals surface area contributed by atoms with Gasteiger partial charge in [0.1, 0.15) is 0 Å². The van der Waals surface area contributed by atoms with E-state index in [1.165, 1.54) is 5.69 Å². The lowest BCUT2D eigenvalue weighted by Gasteiger charge is -2.40. The average Bonchev–Trinajstić information content (AvgIpc) is 3.34. The first kappa shape index (κ1) is 20.4. The van der Waals surface area contributed by atoms with E-state index in [1.54, 1.807) is 0 Å². The minimum Gasteiger partial charge on any atom is -0.454 e. The van der Waals surface area contributed by atoms with Gasteiger partial charge in [-0.05, 0) is 42.0 Å². The summed E-state index contributed by atoms with van der Waals surface area (Å²) < 4.78 is 11.1. The first-order valence-electron chi connectivity index (χ1n) is 11.0. The van der Waals surface area contributed by atoms with Crippen molar-refractivity contribution < 1.29 is 14.3 Å². The molecule has 2 aliphatic heterocycles. The third kappa shape index (κ3) is 4.41. The minimum atomic E-state index is -0.0562. The van der Waals surface area contributed by atoms with Crippen LogP contribution in [0.25, 0.3) is 0 Å². The Morgan fingerprint density at radius 1 is 0.844 bits per heavy atom. The van der Waals surface area contributed by atoms with E-state index < -0.39 is 0 Å². The summed E-state index contributed by atoms with van der Waals surface area (Å²) in [5, 5.41) is 3.14. The number of anilines is 1. The monoisotopic (exact) mass is 429 g/mol. The van der Waals surface area contributed by atoms with Crippen LogP contribution in [0.1, 0.15) is 22.0 Å². The highest BCUT2D eigenvalue weighted by molar-refractivity contribution is 5.94. The molecule has 164 valence electrons. The number of fused-ring (bicyclic) bond motifs is 1. The summed E-state index contributed by atoms with van der Waals surface area (Å²) in [5.41, 5.74) is 3.05. The second-order valence-electron chi connectivity index (χ2n) is 8.06. The number of ether oxygens (including phenoxy) is 2. The van der Waals surface area contributed by atoms with E-state index in [4.69, 9.17) is 9.47 Å². The third-order valence-corrected chi connectivity index (χ3v) is 6.15. The van der Waals surface area contributed by atoms with Gasteiger partial charge in [0.25, 0.3) is 5.91 Å². The van der Waals surface area contributed by atoms with Crippen molar-refractivity contribution in [2.24, 2.45) is 0 Å². The molecule has 32 heavy (non-hydrogen) atoms. The Morgan fingerprint density at radius 3 is 2.28 bits per heavy atom. The van der Waals surface area contributed by atoms with Crippen LogP contribution in [0.2, 0.25) is 0 Å². The quantitative estimate of drug-likeness (QED) is 0.648. The number of piperazine rings is 1. The number of carbonyl (C=O) groups excluding carboxylic acids is 1. The molecule has 2 heterocycles. The van der Waals surface area contributed by atoms with Gasteiger partial charge in [-0.3, -0.25) is 9.69 Å². The zero-order valence-electron chi connectivity index (χ0n) is 17.9. The van der Waals surface area contributed by atoms with Crippen LogP contribution in [0.3, 0.4) is 0 Å². The number of carbonyl (C=O) groups is 1. The second-order valence-corrected chi connectivity index (χ2v) is 8.06. The van der Waals surface area contributed by atoms with Crippen LogP contribution < -0.4 is 19.7 Å². The molecule has 6 heteroatoms. The van der Waals surface area contributed by atoms with E-state index in [2.05, 4.69) is 45.4 Å². The van der Waals surface area contributed by atoms with E-state index in [-0.39, 0.29) is 18.7 Å². The Morgan fingerprint density at radius 2 is 1.53 bits per heavy atom. The SMILES string of the molecule is O=C(NC[C@H](c1ccc2c(c1)OCO2)N1CCN(c2ccccc2)CC1)c1ccccc1. The van der Waals surface area contributed by atoms with Gasteiger partial charge in [0, 0.05) is 44.0 Å². The smallest absolute Gasteiger partial charge is 0.251 e. The van der Waals surface area contributed by atoms with Gasteiger partial charge in [-0.25, -0.2) is 0 Å². The summed E-state index contributed by atoms with van der Waals surface area (Å²) >= 11 is 0. The van der Waals surface area contributed by atoms with Gasteiger partial charge in [-0.15, -0.1) is 0 Å². The molecule has 3 aromatic carbocycles. The van der Waals surface area contributed by atoms with E-state index in [0.29, 0.717) is 12.1 Å². The Hall–Kier alpha value is -3.51. The van der Waals surface area contributed by atoms with Gasteiger partial charge in [-0.1, -0.05) is 42.5 Å². The van der Waals surface area contributed by atoms with Crippen LogP contribution in [0.4, 0.5) is 5.69 Å². The molecule has 1 fully saturated rings. The summed E-state index contributed by atoms with van der Waals surface area (Å²) in [4.78, 5) is 17.6. The molecule has 0 saturated carbocycles. The van der Waals surface area contributed by atoms with E-state index >= 15 is 0 Å². The maximum atomic E-state index is 12.7. The predicted molar refractivity (Wildman–Crippen MR) is 124 cm³/mol. The number of nitrogens with zero attached hydrogens (tertiary/aromatic N) is 2. The fourth-order valence-corrected chi connectivity index (χ4v) is 4.39. The highest BCUT2D eigenvalue weighted by Gasteiger charge is 2.27. The summed E-state index contributed by atoms with van der Waals surface area (Å²) in [6, 6.07) is 26.0. The molecule has 1 N–H and O–H groups in total. The number of rotatable bonds is 6. The maximum absolute atomic E-state index is 12.7. The number of hydrogen-bond acceptors (Lipinski definition) is 5. The first-order chi connectivity index (χ1) is 15.8. The molecular formula is C26H27N3O3. The summed E-state index contributed by atoms with van der Waals surface area (Å²) in [7, 11) is 0. The second kappa shape index (κ2) is 9.32. The normalized spacial score (nSPS) is 16.6. The highest BCUT2D eigenvalue weighted by Crippen LogP contribution is 2.35. The van der Waals surface area contributed by atoms with Crippen LogP contribution in [-0.2, 0) is 0 Å². The lowest BCUT2D eigenvalue weighted by Crippen LogP contribution is -2.50. The molecule has 1 saturated heterocycles. The largest absolute Gasteiger partial charge is 0.454 e. The molecule has 5 rings (SSSR count). The van der Waals surface area contributed by atoms with Gasteiger partial charge in [0.05, 0.1) is 6.04 Å². The van der Waals surface area contributed by atoms with Crippen molar-refractivity contribution in [2.75, 3.05) is 44.4 Å². The number of para-hydroxylation sites is 1. The van der Waals surface area contributed by atoms with Crippen molar-refractivity contribution >= 4 is 11.6 Å². The van der Waals surface area contributed by atoms with Crippen LogP contribution in [-0.4, -0.2) is 50.3 Å². The molecule has 2 aliphatic rings. The van der Waals surface area contributed by atoms with Crippen LogP contribution in [0.5, 0.6) is 11.5 Å². The number of amides is 1. The third-order valence-electron chi connectivity index (χ3n) is 6.15. The van der Waals surface area contributed by atoms with Crippen molar-refractivity contribution in [1.82, 2.24) is 10.2 Å². The molecule has 0 bridgehead atoms. The maximum Gasteiger partial charge on any atom is 0.251 e. The standard InChI is InChI=1S/C26H27N3O3/c30-26(20-7-3-1-4-8-20)27-18-23(21-11-12-24-25(17-21)32-19-31-24)29-15-13-28(14-16-29)22-9-5-2-6-10-22/h1-12,17,23H,13-16,18-19H2,(H,27,30)/t23-/m1/s1. The van der Waals surface area contributed by atoms with Crippen molar-refractivity contribution in [2.45, 2.75) is 6.04 Å². The van der Waals surface area contributed by atoms with Crippen LogP contribution >= 0.6 is 0 Å². The molecule has 0 spiro atoms. The van der Waals surface area contributed by atoms with E-state index in [9.17, 15) is 4.79 Å². The molecule has 0 unspecified atom stereocenters. The molecule has 3 aromatic rings.